The number of rotatable bonds is 6. The second kappa shape index (κ2) is 7.85. The Morgan fingerprint density at radius 3 is 2.32 bits per heavy atom. The number of carbonyl (C=O) groups excluding carboxylic acids is 1. The van der Waals surface area contributed by atoms with Crippen molar-refractivity contribution in [2.45, 2.75) is 40.7 Å². The lowest BCUT2D eigenvalue weighted by Gasteiger charge is -2.41. The van der Waals surface area contributed by atoms with Crippen LogP contribution in [-0.2, 0) is 9.53 Å². The standard InChI is InChI=1S/C15H30N2O2/c1-6-19-15(18)14-11-16(9-12(2)3)7-8-17(14)10-13(4)5/h12-14H,6-11H2,1-5H3/t14-/m1/s1. The van der Waals surface area contributed by atoms with E-state index in [9.17, 15) is 4.79 Å². The van der Waals surface area contributed by atoms with Crippen LogP contribution in [0.1, 0.15) is 34.6 Å². The van der Waals surface area contributed by atoms with E-state index >= 15 is 0 Å². The average molecular weight is 270 g/mol. The minimum absolute atomic E-state index is 0.0587. The summed E-state index contributed by atoms with van der Waals surface area (Å²) in [6.45, 7) is 16.0. The van der Waals surface area contributed by atoms with Gasteiger partial charge in [0.2, 0.25) is 0 Å². The number of hydrogen-bond acceptors (Lipinski definition) is 4. The Labute approximate surface area is 118 Å². The molecule has 0 aromatic rings. The van der Waals surface area contributed by atoms with Gasteiger partial charge in [0.1, 0.15) is 6.04 Å². The van der Waals surface area contributed by atoms with Gasteiger partial charge in [-0.1, -0.05) is 27.7 Å². The Balaban J connectivity index is 2.65. The van der Waals surface area contributed by atoms with Gasteiger partial charge in [-0.25, -0.2) is 0 Å². The number of ether oxygens (including phenoxy) is 1. The Morgan fingerprint density at radius 2 is 1.79 bits per heavy atom. The maximum atomic E-state index is 12.1. The first-order valence-electron chi connectivity index (χ1n) is 7.57. The zero-order valence-corrected chi connectivity index (χ0v) is 13.2. The molecule has 1 saturated heterocycles. The van der Waals surface area contributed by atoms with Gasteiger partial charge >= 0.3 is 5.97 Å². The zero-order chi connectivity index (χ0) is 14.4. The van der Waals surface area contributed by atoms with Crippen molar-refractivity contribution < 1.29 is 9.53 Å². The summed E-state index contributed by atoms with van der Waals surface area (Å²) in [5.74, 6) is 1.16. The van der Waals surface area contributed by atoms with Gasteiger partial charge in [0.05, 0.1) is 6.61 Å². The Bertz CT molecular complexity index is 279. The van der Waals surface area contributed by atoms with Crippen LogP contribution in [0.4, 0.5) is 0 Å². The highest BCUT2D eigenvalue weighted by Crippen LogP contribution is 2.15. The second-order valence-electron chi connectivity index (χ2n) is 6.31. The molecule has 1 fully saturated rings. The quantitative estimate of drug-likeness (QED) is 0.690. The van der Waals surface area contributed by atoms with E-state index in [0.29, 0.717) is 18.4 Å². The summed E-state index contributed by atoms with van der Waals surface area (Å²) in [5, 5.41) is 0. The summed E-state index contributed by atoms with van der Waals surface area (Å²) in [4.78, 5) is 16.8. The molecular formula is C15H30N2O2. The topological polar surface area (TPSA) is 32.8 Å². The highest BCUT2D eigenvalue weighted by molar-refractivity contribution is 5.76. The maximum Gasteiger partial charge on any atom is 0.324 e. The fourth-order valence-corrected chi connectivity index (χ4v) is 2.71. The van der Waals surface area contributed by atoms with Gasteiger partial charge in [-0.15, -0.1) is 0 Å². The van der Waals surface area contributed by atoms with Crippen LogP contribution in [0.2, 0.25) is 0 Å². The summed E-state index contributed by atoms with van der Waals surface area (Å²) >= 11 is 0. The van der Waals surface area contributed by atoms with Crippen molar-refractivity contribution in [1.82, 2.24) is 9.80 Å². The third-order valence-corrected chi connectivity index (χ3v) is 3.36. The highest BCUT2D eigenvalue weighted by Gasteiger charge is 2.33. The van der Waals surface area contributed by atoms with Gasteiger partial charge in [-0.05, 0) is 18.8 Å². The normalized spacial score (nSPS) is 22.2. The molecule has 0 aliphatic carbocycles. The molecule has 0 aromatic carbocycles. The third-order valence-electron chi connectivity index (χ3n) is 3.36. The number of nitrogens with zero attached hydrogens (tertiary/aromatic N) is 2. The summed E-state index contributed by atoms with van der Waals surface area (Å²) in [6, 6.07) is -0.0881. The van der Waals surface area contributed by atoms with E-state index in [0.717, 1.165) is 32.7 Å². The Kier molecular flexibility index (Phi) is 6.80. The maximum absolute atomic E-state index is 12.1. The molecule has 0 aromatic heterocycles. The lowest BCUT2D eigenvalue weighted by atomic mass is 10.1. The summed E-state index contributed by atoms with van der Waals surface area (Å²) < 4.78 is 5.24. The van der Waals surface area contributed by atoms with Gasteiger partial charge in [0.15, 0.2) is 0 Å². The SMILES string of the molecule is CCOC(=O)[C@H]1CN(CC(C)C)CCN1CC(C)C. The number of carbonyl (C=O) groups is 1. The molecule has 1 heterocycles. The fraction of sp³-hybridized carbons (Fsp3) is 0.933. The van der Waals surface area contributed by atoms with Crippen molar-refractivity contribution in [1.29, 1.82) is 0 Å². The first kappa shape index (κ1) is 16.4. The molecule has 0 bridgehead atoms. The molecule has 0 saturated carbocycles. The third kappa shape index (κ3) is 5.49. The highest BCUT2D eigenvalue weighted by atomic mass is 16.5. The van der Waals surface area contributed by atoms with Crippen molar-refractivity contribution in [3.8, 4) is 0 Å². The van der Waals surface area contributed by atoms with Crippen molar-refractivity contribution >= 4 is 5.97 Å². The lowest BCUT2D eigenvalue weighted by molar-refractivity contribution is -0.152. The number of piperazine rings is 1. The van der Waals surface area contributed by atoms with Gasteiger partial charge in [0.25, 0.3) is 0 Å². The fourth-order valence-electron chi connectivity index (χ4n) is 2.71. The minimum Gasteiger partial charge on any atom is -0.465 e. The van der Waals surface area contributed by atoms with Crippen LogP contribution in [0.15, 0.2) is 0 Å². The minimum atomic E-state index is -0.0881. The molecule has 1 atom stereocenters. The van der Waals surface area contributed by atoms with Crippen molar-refractivity contribution in [2.75, 3.05) is 39.3 Å². The molecule has 0 amide bonds. The summed E-state index contributed by atoms with van der Waals surface area (Å²) in [5.41, 5.74) is 0. The van der Waals surface area contributed by atoms with E-state index in [2.05, 4.69) is 37.5 Å². The Hall–Kier alpha value is -0.610. The molecule has 0 spiro atoms. The summed E-state index contributed by atoms with van der Waals surface area (Å²) in [6.07, 6.45) is 0. The van der Waals surface area contributed by atoms with Crippen LogP contribution < -0.4 is 0 Å². The predicted molar refractivity (Wildman–Crippen MR) is 78.1 cm³/mol. The molecule has 1 aliphatic heterocycles. The van der Waals surface area contributed by atoms with Crippen molar-refractivity contribution in [3.05, 3.63) is 0 Å². The molecule has 0 radical (unpaired) electrons. The molecule has 0 unspecified atom stereocenters. The first-order valence-corrected chi connectivity index (χ1v) is 7.57. The molecule has 1 rings (SSSR count). The Morgan fingerprint density at radius 1 is 1.16 bits per heavy atom. The van der Waals surface area contributed by atoms with Crippen molar-refractivity contribution in [2.24, 2.45) is 11.8 Å². The molecular weight excluding hydrogens is 240 g/mol. The van der Waals surface area contributed by atoms with E-state index in [-0.39, 0.29) is 12.0 Å². The van der Waals surface area contributed by atoms with Gasteiger partial charge in [0, 0.05) is 32.7 Å². The lowest BCUT2D eigenvalue weighted by Crippen LogP contribution is -2.58. The molecule has 4 nitrogen and oxygen atoms in total. The van der Waals surface area contributed by atoms with E-state index in [4.69, 9.17) is 4.74 Å². The molecule has 19 heavy (non-hydrogen) atoms. The van der Waals surface area contributed by atoms with Gasteiger partial charge in [-0.2, -0.15) is 0 Å². The van der Waals surface area contributed by atoms with Crippen LogP contribution >= 0.6 is 0 Å². The van der Waals surface area contributed by atoms with E-state index in [1.165, 1.54) is 0 Å². The summed E-state index contributed by atoms with van der Waals surface area (Å²) in [7, 11) is 0. The van der Waals surface area contributed by atoms with E-state index < -0.39 is 0 Å². The van der Waals surface area contributed by atoms with Crippen LogP contribution in [0.3, 0.4) is 0 Å². The zero-order valence-electron chi connectivity index (χ0n) is 13.2. The smallest absolute Gasteiger partial charge is 0.324 e. The van der Waals surface area contributed by atoms with E-state index in [1.807, 2.05) is 6.92 Å². The largest absolute Gasteiger partial charge is 0.465 e. The molecule has 0 N–H and O–H groups in total. The van der Waals surface area contributed by atoms with Crippen LogP contribution in [0, 0.1) is 11.8 Å². The van der Waals surface area contributed by atoms with Gasteiger partial charge in [-0.3, -0.25) is 14.6 Å². The molecule has 112 valence electrons. The van der Waals surface area contributed by atoms with Crippen LogP contribution in [-0.4, -0.2) is 61.1 Å². The first-order chi connectivity index (χ1) is 8.93. The number of esters is 1. The van der Waals surface area contributed by atoms with Gasteiger partial charge < -0.3 is 4.74 Å². The van der Waals surface area contributed by atoms with Crippen LogP contribution in [0.5, 0.6) is 0 Å². The van der Waals surface area contributed by atoms with E-state index in [1.54, 1.807) is 0 Å². The van der Waals surface area contributed by atoms with Crippen LogP contribution in [0.25, 0.3) is 0 Å². The molecule has 4 heteroatoms. The average Bonchev–Trinajstić information content (AvgIpc) is 2.30. The monoisotopic (exact) mass is 270 g/mol. The van der Waals surface area contributed by atoms with Crippen molar-refractivity contribution in [3.63, 3.8) is 0 Å². The number of hydrogen-bond donors (Lipinski definition) is 0. The molecule has 1 aliphatic rings. The second-order valence-corrected chi connectivity index (χ2v) is 6.31. The predicted octanol–water partition coefficient (Wildman–Crippen LogP) is 1.85.